The molecule has 2 aromatic rings. The summed E-state index contributed by atoms with van der Waals surface area (Å²) in [4.78, 5) is 11.6. The summed E-state index contributed by atoms with van der Waals surface area (Å²) < 4.78 is 21.8. The lowest BCUT2D eigenvalue weighted by Gasteiger charge is -2.15. The van der Waals surface area contributed by atoms with Crippen molar-refractivity contribution in [3.63, 3.8) is 0 Å². The molecule has 8 nitrogen and oxygen atoms in total. The van der Waals surface area contributed by atoms with Gasteiger partial charge in [-0.05, 0) is 60.2 Å². The van der Waals surface area contributed by atoms with Crippen LogP contribution in [0.4, 0.5) is 0 Å². The van der Waals surface area contributed by atoms with Crippen molar-refractivity contribution in [1.82, 2.24) is 0 Å². The number of hydrogen-bond donors (Lipinski definition) is 3. The van der Waals surface area contributed by atoms with E-state index in [0.29, 0.717) is 11.5 Å². The number of ether oxygens (including phenoxy) is 4. The Morgan fingerprint density at radius 3 is 2.38 bits per heavy atom. The second-order valence-corrected chi connectivity index (χ2v) is 8.16. The van der Waals surface area contributed by atoms with Crippen LogP contribution in [0.25, 0.3) is 11.1 Å². The molecule has 37 heavy (non-hydrogen) atoms. The van der Waals surface area contributed by atoms with E-state index >= 15 is 0 Å². The zero-order chi connectivity index (χ0) is 27.0. The van der Waals surface area contributed by atoms with E-state index < -0.39 is 18.9 Å². The Hall–Kier alpha value is -3.43. The van der Waals surface area contributed by atoms with E-state index in [9.17, 15) is 9.90 Å². The molecule has 8 heteroatoms. The minimum absolute atomic E-state index is 0.00776. The highest BCUT2D eigenvalue weighted by atomic mass is 16.6. The number of hydrogen-bond acceptors (Lipinski definition) is 8. The molecule has 1 unspecified atom stereocenters. The molecule has 2 rings (SSSR count). The molecule has 0 aliphatic rings. The van der Waals surface area contributed by atoms with Crippen molar-refractivity contribution >= 4 is 5.97 Å². The lowest BCUT2D eigenvalue weighted by molar-refractivity contribution is -0.140. The maximum atomic E-state index is 11.6. The van der Waals surface area contributed by atoms with E-state index in [1.807, 2.05) is 48.5 Å². The maximum absolute atomic E-state index is 11.6. The highest BCUT2D eigenvalue weighted by molar-refractivity contribution is 5.87. The van der Waals surface area contributed by atoms with Crippen molar-refractivity contribution in [3.8, 4) is 22.6 Å². The summed E-state index contributed by atoms with van der Waals surface area (Å²) in [7, 11) is 0. The van der Waals surface area contributed by atoms with Crippen LogP contribution in [0.5, 0.6) is 11.5 Å². The van der Waals surface area contributed by atoms with Crippen LogP contribution in [0.3, 0.4) is 0 Å². The summed E-state index contributed by atoms with van der Waals surface area (Å²) in [6, 6.07) is 13.5. The van der Waals surface area contributed by atoms with Gasteiger partial charge in [-0.3, -0.25) is 0 Å². The molecular weight excluding hydrogens is 476 g/mol. The van der Waals surface area contributed by atoms with Gasteiger partial charge in [0.05, 0.1) is 25.4 Å². The second-order valence-electron chi connectivity index (χ2n) is 8.16. The summed E-state index contributed by atoms with van der Waals surface area (Å²) in [5, 5.41) is 27.6. The van der Waals surface area contributed by atoms with Gasteiger partial charge in [-0.2, -0.15) is 0 Å². The minimum atomic E-state index is -1.24. The summed E-state index contributed by atoms with van der Waals surface area (Å²) >= 11 is 0. The molecule has 0 saturated heterocycles. The minimum Gasteiger partial charge on any atom is -0.491 e. The predicted molar refractivity (Wildman–Crippen MR) is 141 cm³/mol. The van der Waals surface area contributed by atoms with Gasteiger partial charge >= 0.3 is 5.97 Å². The second kappa shape index (κ2) is 16.3. The maximum Gasteiger partial charge on any atom is 0.335 e. The molecule has 2 aromatic carbocycles. The number of carbonyl (C=O) groups is 1. The predicted octanol–water partition coefficient (Wildman–Crippen LogP) is 3.60. The molecule has 0 aliphatic heterocycles. The summed E-state index contributed by atoms with van der Waals surface area (Å²) in [6.45, 7) is 10.4. The molecular formula is C29H36O8. The lowest BCUT2D eigenvalue weighted by Crippen LogP contribution is -2.20. The van der Waals surface area contributed by atoms with Crippen LogP contribution in [0.15, 0.2) is 79.4 Å². The molecule has 0 bridgehead atoms. The summed E-state index contributed by atoms with van der Waals surface area (Å²) in [5.74, 6) is 0.604. The van der Waals surface area contributed by atoms with Crippen molar-refractivity contribution < 1.29 is 39.1 Å². The average Bonchev–Trinajstić information content (AvgIpc) is 2.93. The topological polar surface area (TPSA) is 115 Å². The quantitative estimate of drug-likeness (QED) is 0.0913. The molecule has 3 N–H and O–H groups in total. The van der Waals surface area contributed by atoms with Crippen molar-refractivity contribution in [2.45, 2.75) is 25.6 Å². The van der Waals surface area contributed by atoms with Crippen molar-refractivity contribution in [2.75, 3.05) is 39.6 Å². The number of rotatable bonds is 18. The highest BCUT2D eigenvalue weighted by Gasteiger charge is 2.11. The van der Waals surface area contributed by atoms with Crippen molar-refractivity contribution in [2.24, 2.45) is 0 Å². The first-order chi connectivity index (χ1) is 17.9. The number of aliphatic hydroxyl groups is 3. The number of unbranched alkanes of at least 4 members (excludes halogenated alkanes) is 1. The van der Waals surface area contributed by atoms with Gasteiger partial charge in [-0.1, -0.05) is 37.4 Å². The molecule has 0 radical (unpaired) electrons. The average molecular weight is 513 g/mol. The van der Waals surface area contributed by atoms with Crippen LogP contribution >= 0.6 is 0 Å². The van der Waals surface area contributed by atoms with Gasteiger partial charge in [0.2, 0.25) is 0 Å². The number of carbonyl (C=O) groups excluding carboxylic acids is 1. The highest BCUT2D eigenvalue weighted by Crippen LogP contribution is 2.31. The molecule has 0 heterocycles. The fraction of sp³-hybridized carbons (Fsp3) is 0.345. The van der Waals surface area contributed by atoms with Gasteiger partial charge in [0, 0.05) is 5.57 Å². The largest absolute Gasteiger partial charge is 0.491 e. The smallest absolute Gasteiger partial charge is 0.335 e. The third kappa shape index (κ3) is 10.2. The summed E-state index contributed by atoms with van der Waals surface area (Å²) in [6.07, 6.45) is 3.37. The van der Waals surface area contributed by atoms with E-state index in [0.717, 1.165) is 36.0 Å². The van der Waals surface area contributed by atoms with Crippen molar-refractivity contribution in [3.05, 3.63) is 85.0 Å². The molecule has 0 aromatic heterocycles. The number of aliphatic hydroxyl groups excluding tert-OH is 3. The Kier molecular flexibility index (Phi) is 13.2. The fourth-order valence-electron chi connectivity index (χ4n) is 3.30. The van der Waals surface area contributed by atoms with E-state index in [4.69, 9.17) is 29.2 Å². The van der Waals surface area contributed by atoms with E-state index in [-0.39, 0.29) is 44.2 Å². The normalized spacial score (nSPS) is 11.4. The molecule has 0 fully saturated rings. The third-order valence-electron chi connectivity index (χ3n) is 5.33. The number of esters is 1. The Balaban J connectivity index is 2.08. The van der Waals surface area contributed by atoms with Crippen LogP contribution in [0.1, 0.15) is 18.4 Å². The SMILES string of the molecule is C=CCCCc1ccc(OCCOC(=O)C(=C)CO)cc1-c1cccc(OCCOC(O)C(=C)CO)c1. The van der Waals surface area contributed by atoms with Crippen LogP contribution in [0.2, 0.25) is 0 Å². The van der Waals surface area contributed by atoms with Crippen LogP contribution in [-0.4, -0.2) is 67.2 Å². The Morgan fingerprint density at radius 2 is 1.68 bits per heavy atom. The van der Waals surface area contributed by atoms with E-state index in [1.165, 1.54) is 0 Å². The lowest BCUT2D eigenvalue weighted by atomic mass is 9.95. The van der Waals surface area contributed by atoms with Crippen LogP contribution in [0, 0.1) is 0 Å². The summed E-state index contributed by atoms with van der Waals surface area (Å²) in [5.41, 5.74) is 3.25. The molecule has 0 amide bonds. The van der Waals surface area contributed by atoms with Gasteiger partial charge in [0.1, 0.15) is 31.3 Å². The van der Waals surface area contributed by atoms with Gasteiger partial charge in [-0.25, -0.2) is 4.79 Å². The van der Waals surface area contributed by atoms with Crippen molar-refractivity contribution in [1.29, 1.82) is 0 Å². The monoisotopic (exact) mass is 512 g/mol. The number of benzene rings is 2. The Morgan fingerprint density at radius 1 is 0.946 bits per heavy atom. The molecule has 200 valence electrons. The number of allylic oxidation sites excluding steroid dienone is 1. The molecule has 1 atom stereocenters. The molecule has 0 aliphatic carbocycles. The first-order valence-corrected chi connectivity index (χ1v) is 12.0. The fourth-order valence-corrected chi connectivity index (χ4v) is 3.30. The first kappa shape index (κ1) is 29.8. The van der Waals surface area contributed by atoms with E-state index in [1.54, 1.807) is 0 Å². The zero-order valence-electron chi connectivity index (χ0n) is 21.1. The molecule has 0 spiro atoms. The zero-order valence-corrected chi connectivity index (χ0v) is 21.1. The standard InChI is InChI=1S/C29H36O8/c1-4-5-6-8-23-11-12-26(35-14-16-37-29(33)22(3)20-31)18-27(23)24-9-7-10-25(17-24)34-13-15-36-28(32)21(2)19-30/h4,7,9-12,17-18,28,30-32H,1-3,5-6,8,13-16,19-20H2. The third-order valence-corrected chi connectivity index (χ3v) is 5.33. The number of aryl methyl sites for hydroxylation is 1. The van der Waals surface area contributed by atoms with Crippen LogP contribution in [-0.2, 0) is 20.7 Å². The van der Waals surface area contributed by atoms with Gasteiger partial charge in [0.25, 0.3) is 0 Å². The first-order valence-electron chi connectivity index (χ1n) is 12.0. The van der Waals surface area contributed by atoms with Crippen LogP contribution < -0.4 is 9.47 Å². The molecule has 0 saturated carbocycles. The Labute approximate surface area is 218 Å². The van der Waals surface area contributed by atoms with Gasteiger partial charge in [0.15, 0.2) is 6.29 Å². The van der Waals surface area contributed by atoms with Gasteiger partial charge in [-0.15, -0.1) is 6.58 Å². The van der Waals surface area contributed by atoms with Gasteiger partial charge < -0.3 is 34.3 Å². The Bertz CT molecular complexity index is 1050. The van der Waals surface area contributed by atoms with E-state index in [2.05, 4.69) is 19.7 Å².